The van der Waals surface area contributed by atoms with E-state index in [4.69, 9.17) is 0 Å². The van der Waals surface area contributed by atoms with Crippen LogP contribution >= 0.6 is 0 Å². The number of carbonyl (C=O) groups excluding carboxylic acids is 2. The lowest BCUT2D eigenvalue weighted by atomic mass is 10.5. The van der Waals surface area contributed by atoms with Gasteiger partial charge in [-0.15, -0.1) is 0 Å². The lowest BCUT2D eigenvalue weighted by Gasteiger charge is -2.19. The van der Waals surface area contributed by atoms with Crippen molar-refractivity contribution in [2.24, 2.45) is 0 Å². The maximum Gasteiger partial charge on any atom is 0.325 e. The fourth-order valence-electron chi connectivity index (χ4n) is 1.04. The van der Waals surface area contributed by atoms with Crippen LogP contribution in [-0.2, 0) is 29.1 Å². The summed E-state index contributed by atoms with van der Waals surface area (Å²) < 4.78 is 33.3. The molecule has 1 unspecified atom stereocenters. The number of sulfonamides is 1. The molecule has 0 aliphatic carbocycles. The number of hydrogen-bond donors (Lipinski definition) is 0. The zero-order chi connectivity index (χ0) is 13.6. The summed E-state index contributed by atoms with van der Waals surface area (Å²) in [6.45, 7) is 2.54. The molecule has 0 aromatic heterocycles. The summed E-state index contributed by atoms with van der Waals surface area (Å²) in [6.07, 6.45) is 0. The Labute approximate surface area is 101 Å². The molecule has 1 atom stereocenters. The van der Waals surface area contributed by atoms with Gasteiger partial charge in [0, 0.05) is 7.05 Å². The van der Waals surface area contributed by atoms with Gasteiger partial charge < -0.3 is 9.47 Å². The van der Waals surface area contributed by atoms with Crippen molar-refractivity contribution in [2.75, 3.05) is 27.3 Å². The predicted molar refractivity (Wildman–Crippen MR) is 59.7 cm³/mol. The normalized spacial score (nSPS) is 13.2. The summed E-state index contributed by atoms with van der Waals surface area (Å²) in [5, 5.41) is -1.35. The van der Waals surface area contributed by atoms with Crippen molar-refractivity contribution in [3.8, 4) is 0 Å². The molecule has 100 valence electrons. The highest BCUT2D eigenvalue weighted by Gasteiger charge is 2.33. The lowest BCUT2D eigenvalue weighted by Crippen LogP contribution is -2.42. The molecule has 8 heteroatoms. The summed E-state index contributed by atoms with van der Waals surface area (Å²) in [5.74, 6) is -1.55. The quantitative estimate of drug-likeness (QED) is 0.595. The second-order valence-electron chi connectivity index (χ2n) is 3.27. The first kappa shape index (κ1) is 15.9. The summed E-state index contributed by atoms with van der Waals surface area (Å²) in [5.41, 5.74) is 0. The maximum atomic E-state index is 11.8. The molecule has 0 spiro atoms. The smallest absolute Gasteiger partial charge is 0.325 e. The van der Waals surface area contributed by atoms with Gasteiger partial charge in [-0.25, -0.2) is 8.42 Å². The van der Waals surface area contributed by atoms with Gasteiger partial charge in [0.15, 0.2) is 5.25 Å². The Morgan fingerprint density at radius 1 is 1.35 bits per heavy atom. The van der Waals surface area contributed by atoms with Crippen LogP contribution in [0.1, 0.15) is 13.8 Å². The van der Waals surface area contributed by atoms with Crippen LogP contribution in [0, 0.1) is 0 Å². The van der Waals surface area contributed by atoms with Crippen molar-refractivity contribution in [3.63, 3.8) is 0 Å². The highest BCUT2D eigenvalue weighted by atomic mass is 32.2. The van der Waals surface area contributed by atoms with Crippen LogP contribution in [0.25, 0.3) is 0 Å². The highest BCUT2D eigenvalue weighted by molar-refractivity contribution is 7.90. The van der Waals surface area contributed by atoms with Gasteiger partial charge in [0.25, 0.3) is 0 Å². The standard InChI is InChI=1S/C9H17NO6S/c1-5-16-8(11)6-10(3)17(13,14)7(2)9(12)15-4/h7H,5-6H2,1-4H3. The molecular formula is C9H17NO6S. The van der Waals surface area contributed by atoms with E-state index >= 15 is 0 Å². The van der Waals surface area contributed by atoms with E-state index in [0.717, 1.165) is 11.4 Å². The van der Waals surface area contributed by atoms with Crippen molar-refractivity contribution in [1.82, 2.24) is 4.31 Å². The SMILES string of the molecule is CCOC(=O)CN(C)S(=O)(=O)C(C)C(=O)OC. The third kappa shape index (κ3) is 4.31. The van der Waals surface area contributed by atoms with E-state index < -0.39 is 33.8 Å². The Balaban J connectivity index is 4.71. The Morgan fingerprint density at radius 3 is 2.29 bits per heavy atom. The van der Waals surface area contributed by atoms with E-state index in [2.05, 4.69) is 9.47 Å². The van der Waals surface area contributed by atoms with Crippen LogP contribution in [0.3, 0.4) is 0 Å². The first-order valence-corrected chi connectivity index (χ1v) is 6.46. The summed E-state index contributed by atoms with van der Waals surface area (Å²) in [4.78, 5) is 22.2. The molecule has 0 radical (unpaired) electrons. The third-order valence-electron chi connectivity index (χ3n) is 2.07. The van der Waals surface area contributed by atoms with Gasteiger partial charge in [0.05, 0.1) is 13.7 Å². The number of rotatable bonds is 6. The highest BCUT2D eigenvalue weighted by Crippen LogP contribution is 2.08. The fraction of sp³-hybridized carbons (Fsp3) is 0.778. The van der Waals surface area contributed by atoms with Gasteiger partial charge in [0.1, 0.15) is 6.54 Å². The maximum absolute atomic E-state index is 11.8. The molecule has 0 fully saturated rings. The fourth-order valence-corrected chi connectivity index (χ4v) is 2.20. The Morgan fingerprint density at radius 2 is 1.88 bits per heavy atom. The number of nitrogens with zero attached hydrogens (tertiary/aromatic N) is 1. The van der Waals surface area contributed by atoms with Gasteiger partial charge in [-0.05, 0) is 13.8 Å². The van der Waals surface area contributed by atoms with Gasteiger partial charge in [-0.3, -0.25) is 9.59 Å². The molecule has 0 bridgehead atoms. The number of methoxy groups -OCH3 is 1. The number of hydrogen-bond acceptors (Lipinski definition) is 6. The Hall–Kier alpha value is -1.15. The van der Waals surface area contributed by atoms with E-state index in [1.807, 2.05) is 0 Å². The monoisotopic (exact) mass is 267 g/mol. The first-order valence-electron chi connectivity index (χ1n) is 4.96. The molecule has 0 aromatic carbocycles. The van der Waals surface area contributed by atoms with Crippen molar-refractivity contribution in [1.29, 1.82) is 0 Å². The average molecular weight is 267 g/mol. The minimum absolute atomic E-state index is 0.166. The molecule has 0 aliphatic heterocycles. The number of ether oxygens (including phenoxy) is 2. The number of esters is 2. The van der Waals surface area contributed by atoms with Crippen molar-refractivity contribution in [3.05, 3.63) is 0 Å². The molecule has 7 nitrogen and oxygen atoms in total. The molecule has 0 N–H and O–H groups in total. The molecular weight excluding hydrogens is 250 g/mol. The van der Waals surface area contributed by atoms with E-state index in [9.17, 15) is 18.0 Å². The predicted octanol–water partition coefficient (Wildman–Crippen LogP) is -0.627. The molecule has 0 saturated carbocycles. The van der Waals surface area contributed by atoms with Crippen LogP contribution in [0.15, 0.2) is 0 Å². The largest absolute Gasteiger partial charge is 0.468 e. The Kier molecular flexibility index (Phi) is 6.11. The Bertz CT molecular complexity index is 377. The van der Waals surface area contributed by atoms with Gasteiger partial charge in [0.2, 0.25) is 10.0 Å². The van der Waals surface area contributed by atoms with E-state index in [0.29, 0.717) is 0 Å². The molecule has 17 heavy (non-hydrogen) atoms. The second kappa shape index (κ2) is 6.55. The number of likely N-dealkylation sites (N-methyl/N-ethyl adjacent to an activating group) is 1. The van der Waals surface area contributed by atoms with Crippen LogP contribution in [-0.4, -0.2) is 57.2 Å². The molecule has 0 saturated heterocycles. The van der Waals surface area contributed by atoms with E-state index in [1.54, 1.807) is 6.92 Å². The van der Waals surface area contributed by atoms with E-state index in [-0.39, 0.29) is 6.61 Å². The van der Waals surface area contributed by atoms with Gasteiger partial charge in [-0.2, -0.15) is 4.31 Å². The topological polar surface area (TPSA) is 90.0 Å². The molecule has 0 rings (SSSR count). The van der Waals surface area contributed by atoms with Gasteiger partial charge in [-0.1, -0.05) is 0 Å². The number of carbonyl (C=O) groups is 2. The van der Waals surface area contributed by atoms with Gasteiger partial charge >= 0.3 is 11.9 Å². The van der Waals surface area contributed by atoms with Crippen molar-refractivity contribution >= 4 is 22.0 Å². The second-order valence-corrected chi connectivity index (χ2v) is 5.63. The summed E-state index contributed by atoms with van der Waals surface area (Å²) in [7, 11) is -1.61. The van der Waals surface area contributed by atoms with Crippen LogP contribution in [0.2, 0.25) is 0 Å². The van der Waals surface area contributed by atoms with Crippen LogP contribution in [0.5, 0.6) is 0 Å². The molecule has 0 heterocycles. The van der Waals surface area contributed by atoms with E-state index in [1.165, 1.54) is 14.0 Å². The minimum atomic E-state index is -3.91. The lowest BCUT2D eigenvalue weighted by molar-refractivity contribution is -0.143. The third-order valence-corrected chi connectivity index (χ3v) is 4.16. The summed E-state index contributed by atoms with van der Waals surface area (Å²) >= 11 is 0. The average Bonchev–Trinajstić information content (AvgIpc) is 2.26. The van der Waals surface area contributed by atoms with Crippen LogP contribution < -0.4 is 0 Å². The zero-order valence-electron chi connectivity index (χ0n) is 10.3. The molecule has 0 amide bonds. The summed E-state index contributed by atoms with van der Waals surface area (Å²) in [6, 6.07) is 0. The minimum Gasteiger partial charge on any atom is -0.468 e. The molecule has 0 aromatic rings. The first-order chi connectivity index (χ1) is 7.77. The van der Waals surface area contributed by atoms with Crippen molar-refractivity contribution in [2.45, 2.75) is 19.1 Å². The van der Waals surface area contributed by atoms with Crippen molar-refractivity contribution < 1.29 is 27.5 Å². The zero-order valence-corrected chi connectivity index (χ0v) is 11.1. The van der Waals surface area contributed by atoms with Crippen LogP contribution in [0.4, 0.5) is 0 Å². The molecule has 0 aliphatic rings.